The van der Waals surface area contributed by atoms with Gasteiger partial charge in [0.05, 0.1) is 11.4 Å². The van der Waals surface area contributed by atoms with Crippen LogP contribution in [0.15, 0.2) is 67.0 Å². The zero-order chi connectivity index (χ0) is 18.0. The molecular formula is C24H28N2. The average Bonchev–Trinajstić information content (AvgIpc) is 2.72. The van der Waals surface area contributed by atoms with Crippen LogP contribution in [0.5, 0.6) is 0 Å². The maximum absolute atomic E-state index is 4.62. The second-order valence-corrected chi connectivity index (χ2v) is 6.86. The molecule has 1 aromatic carbocycles. The van der Waals surface area contributed by atoms with Gasteiger partial charge in [-0.3, -0.25) is 9.97 Å². The Morgan fingerprint density at radius 3 is 2.08 bits per heavy atom. The Balaban J connectivity index is 1.55. The van der Waals surface area contributed by atoms with Crippen LogP contribution in [-0.4, -0.2) is 9.97 Å². The molecule has 0 saturated carbocycles. The monoisotopic (exact) mass is 344 g/mol. The minimum Gasteiger partial charge on any atom is -0.256 e. The van der Waals surface area contributed by atoms with Crippen molar-refractivity contribution >= 4 is 0 Å². The third-order valence-corrected chi connectivity index (χ3v) is 4.79. The van der Waals surface area contributed by atoms with Crippen LogP contribution < -0.4 is 0 Å². The highest BCUT2D eigenvalue weighted by atomic mass is 14.7. The van der Waals surface area contributed by atoms with E-state index in [1.807, 2.05) is 30.6 Å². The molecule has 0 unspecified atom stereocenters. The molecule has 0 atom stereocenters. The lowest BCUT2D eigenvalue weighted by molar-refractivity contribution is 0.607. The smallest absolute Gasteiger partial charge is 0.0717 e. The number of aromatic nitrogens is 2. The Kier molecular flexibility index (Phi) is 6.95. The summed E-state index contributed by atoms with van der Waals surface area (Å²) in [5, 5.41) is 0. The quantitative estimate of drug-likeness (QED) is 0.403. The molecule has 2 aromatic heterocycles. The summed E-state index contributed by atoms with van der Waals surface area (Å²) >= 11 is 0. The van der Waals surface area contributed by atoms with E-state index in [-0.39, 0.29) is 0 Å². The topological polar surface area (TPSA) is 25.8 Å². The number of unbranched alkanes of at least 4 members (excludes halogenated alkanes) is 5. The zero-order valence-corrected chi connectivity index (χ0v) is 15.7. The molecule has 0 aliphatic heterocycles. The van der Waals surface area contributed by atoms with Gasteiger partial charge in [-0.05, 0) is 42.7 Å². The molecule has 134 valence electrons. The summed E-state index contributed by atoms with van der Waals surface area (Å²) in [6.45, 7) is 2.27. The minimum atomic E-state index is 0.959. The first-order valence-corrected chi connectivity index (χ1v) is 9.83. The van der Waals surface area contributed by atoms with Crippen molar-refractivity contribution in [2.45, 2.75) is 51.9 Å². The van der Waals surface area contributed by atoms with Crippen molar-refractivity contribution in [3.8, 4) is 22.5 Å². The van der Waals surface area contributed by atoms with E-state index in [2.05, 4.69) is 53.3 Å². The number of aryl methyl sites for hydroxylation is 1. The van der Waals surface area contributed by atoms with Crippen LogP contribution in [0.2, 0.25) is 0 Å². The second-order valence-electron chi connectivity index (χ2n) is 6.86. The molecule has 0 N–H and O–H groups in total. The van der Waals surface area contributed by atoms with Crippen LogP contribution >= 0.6 is 0 Å². The van der Waals surface area contributed by atoms with Gasteiger partial charge in [0, 0.05) is 23.5 Å². The first kappa shape index (κ1) is 18.3. The Labute approximate surface area is 157 Å². The first-order chi connectivity index (χ1) is 12.9. The highest BCUT2D eigenvalue weighted by Crippen LogP contribution is 2.22. The van der Waals surface area contributed by atoms with Crippen molar-refractivity contribution in [1.29, 1.82) is 0 Å². The van der Waals surface area contributed by atoms with Crippen LogP contribution in [0.1, 0.15) is 51.0 Å². The molecule has 0 fully saturated rings. The van der Waals surface area contributed by atoms with Gasteiger partial charge in [-0.2, -0.15) is 0 Å². The number of nitrogens with zero attached hydrogens (tertiary/aromatic N) is 2. The molecule has 0 saturated heterocycles. The standard InChI is InChI=1S/C24H28N2/c1-2-3-4-5-6-7-10-20-12-14-21(15-13-20)24-17-16-22(19-26-24)23-11-8-9-18-25-23/h8-9,11-19H,2-7,10H2,1H3. The molecule has 0 aliphatic carbocycles. The largest absolute Gasteiger partial charge is 0.256 e. The lowest BCUT2D eigenvalue weighted by Gasteiger charge is -2.06. The summed E-state index contributed by atoms with van der Waals surface area (Å²) in [5.74, 6) is 0. The number of benzene rings is 1. The van der Waals surface area contributed by atoms with Gasteiger partial charge in [0.2, 0.25) is 0 Å². The Morgan fingerprint density at radius 2 is 1.38 bits per heavy atom. The van der Waals surface area contributed by atoms with Gasteiger partial charge < -0.3 is 0 Å². The predicted octanol–water partition coefficient (Wildman–Crippen LogP) is 6.71. The van der Waals surface area contributed by atoms with E-state index in [0.29, 0.717) is 0 Å². The molecule has 2 heteroatoms. The van der Waals surface area contributed by atoms with Crippen molar-refractivity contribution in [2.75, 3.05) is 0 Å². The van der Waals surface area contributed by atoms with E-state index in [0.717, 1.165) is 17.0 Å². The highest BCUT2D eigenvalue weighted by Gasteiger charge is 2.03. The van der Waals surface area contributed by atoms with Crippen LogP contribution in [0.4, 0.5) is 0 Å². The SMILES string of the molecule is CCCCCCCCc1ccc(-c2ccc(-c3ccccn3)cn2)cc1. The minimum absolute atomic E-state index is 0.959. The molecule has 0 spiro atoms. The summed E-state index contributed by atoms with van der Waals surface area (Å²) in [5.41, 5.74) is 5.62. The fourth-order valence-electron chi connectivity index (χ4n) is 3.20. The first-order valence-electron chi connectivity index (χ1n) is 9.83. The van der Waals surface area contributed by atoms with E-state index < -0.39 is 0 Å². The fourth-order valence-corrected chi connectivity index (χ4v) is 3.20. The van der Waals surface area contributed by atoms with Gasteiger partial charge in [-0.25, -0.2) is 0 Å². The molecule has 2 nitrogen and oxygen atoms in total. The summed E-state index contributed by atoms with van der Waals surface area (Å²) in [7, 11) is 0. The number of hydrogen-bond donors (Lipinski definition) is 0. The van der Waals surface area contributed by atoms with Crippen LogP contribution in [0.3, 0.4) is 0 Å². The van der Waals surface area contributed by atoms with Crippen molar-refractivity contribution in [1.82, 2.24) is 9.97 Å². The molecule has 26 heavy (non-hydrogen) atoms. The van der Waals surface area contributed by atoms with Gasteiger partial charge in [-0.15, -0.1) is 0 Å². The lowest BCUT2D eigenvalue weighted by Crippen LogP contribution is -1.89. The van der Waals surface area contributed by atoms with Crippen molar-refractivity contribution in [3.63, 3.8) is 0 Å². The average molecular weight is 345 g/mol. The molecule has 0 radical (unpaired) electrons. The maximum atomic E-state index is 4.62. The Bertz CT molecular complexity index is 762. The van der Waals surface area contributed by atoms with Crippen molar-refractivity contribution in [2.24, 2.45) is 0 Å². The molecule has 3 rings (SSSR count). The van der Waals surface area contributed by atoms with Gasteiger partial charge in [0.1, 0.15) is 0 Å². The number of hydrogen-bond acceptors (Lipinski definition) is 2. The van der Waals surface area contributed by atoms with Gasteiger partial charge in [0.25, 0.3) is 0 Å². The lowest BCUT2D eigenvalue weighted by atomic mass is 10.0. The summed E-state index contributed by atoms with van der Waals surface area (Å²) in [6.07, 6.45) is 13.0. The van der Waals surface area contributed by atoms with Crippen LogP contribution in [0, 0.1) is 0 Å². The molecular weight excluding hydrogens is 316 g/mol. The Morgan fingerprint density at radius 1 is 0.654 bits per heavy atom. The van der Waals surface area contributed by atoms with E-state index in [4.69, 9.17) is 0 Å². The third kappa shape index (κ3) is 5.26. The fraction of sp³-hybridized carbons (Fsp3) is 0.333. The van der Waals surface area contributed by atoms with E-state index >= 15 is 0 Å². The van der Waals surface area contributed by atoms with E-state index in [1.165, 1.54) is 56.1 Å². The molecule has 0 bridgehead atoms. The second kappa shape index (κ2) is 9.86. The van der Waals surface area contributed by atoms with Gasteiger partial charge in [-0.1, -0.05) is 69.4 Å². The van der Waals surface area contributed by atoms with Crippen molar-refractivity contribution in [3.05, 3.63) is 72.6 Å². The zero-order valence-electron chi connectivity index (χ0n) is 15.7. The molecule has 2 heterocycles. The van der Waals surface area contributed by atoms with E-state index in [1.54, 1.807) is 0 Å². The van der Waals surface area contributed by atoms with Crippen LogP contribution in [0.25, 0.3) is 22.5 Å². The van der Waals surface area contributed by atoms with Gasteiger partial charge >= 0.3 is 0 Å². The maximum Gasteiger partial charge on any atom is 0.0717 e. The molecule has 3 aromatic rings. The summed E-state index contributed by atoms with van der Waals surface area (Å²) in [4.78, 5) is 8.99. The number of rotatable bonds is 9. The molecule has 0 aliphatic rings. The predicted molar refractivity (Wildman–Crippen MR) is 110 cm³/mol. The van der Waals surface area contributed by atoms with Crippen molar-refractivity contribution < 1.29 is 0 Å². The third-order valence-electron chi connectivity index (χ3n) is 4.79. The summed E-state index contributed by atoms with van der Waals surface area (Å²) < 4.78 is 0. The van der Waals surface area contributed by atoms with E-state index in [9.17, 15) is 0 Å². The summed E-state index contributed by atoms with van der Waals surface area (Å²) in [6, 6.07) is 19.0. The Hall–Kier alpha value is -2.48. The normalized spacial score (nSPS) is 10.8. The molecule has 0 amide bonds. The van der Waals surface area contributed by atoms with Crippen LogP contribution in [-0.2, 0) is 6.42 Å². The van der Waals surface area contributed by atoms with Gasteiger partial charge in [0.15, 0.2) is 0 Å². The highest BCUT2D eigenvalue weighted by molar-refractivity contribution is 5.64. The number of pyridine rings is 2.